The normalized spacial score (nSPS) is 17.6. The van der Waals surface area contributed by atoms with Crippen LogP contribution in [0.3, 0.4) is 0 Å². The van der Waals surface area contributed by atoms with Gasteiger partial charge in [0.15, 0.2) is 0 Å². The third kappa shape index (κ3) is 2.11. The quantitative estimate of drug-likeness (QED) is 0.860. The molecule has 0 fully saturated rings. The Morgan fingerprint density at radius 3 is 2.85 bits per heavy atom. The fraction of sp³-hybridized carbons (Fsp3) is 0.267. The Morgan fingerprint density at radius 2 is 2.10 bits per heavy atom. The lowest BCUT2D eigenvalue weighted by Gasteiger charge is -2.32. The Labute approximate surface area is 116 Å². The first-order valence-corrected chi connectivity index (χ1v) is 6.63. The van der Waals surface area contributed by atoms with Crippen LogP contribution in [0.1, 0.15) is 35.3 Å². The number of aromatic amines is 1. The van der Waals surface area contributed by atoms with Gasteiger partial charge in [0.05, 0.1) is 0 Å². The van der Waals surface area contributed by atoms with Crippen LogP contribution in [0.25, 0.3) is 0 Å². The molecule has 1 unspecified atom stereocenters. The predicted octanol–water partition coefficient (Wildman–Crippen LogP) is 1.92. The highest BCUT2D eigenvalue weighted by Gasteiger charge is 2.27. The molecule has 2 heterocycles. The minimum atomic E-state index is -0.311. The molecule has 102 valence electrons. The fourth-order valence-electron chi connectivity index (χ4n) is 2.56. The van der Waals surface area contributed by atoms with E-state index in [1.54, 1.807) is 4.90 Å². The summed E-state index contributed by atoms with van der Waals surface area (Å²) in [5.41, 5.74) is 2.06. The highest BCUT2D eigenvalue weighted by Crippen LogP contribution is 2.35. The lowest BCUT2D eigenvalue weighted by atomic mass is 9.91. The summed E-state index contributed by atoms with van der Waals surface area (Å²) in [7, 11) is 0. The highest BCUT2D eigenvalue weighted by molar-refractivity contribution is 6.05. The summed E-state index contributed by atoms with van der Waals surface area (Å²) in [6, 6.07) is 10.7. The molecule has 3 rings (SSSR count). The number of aromatic nitrogens is 2. The van der Waals surface area contributed by atoms with Crippen LogP contribution in [-0.2, 0) is 0 Å². The number of benzene rings is 1. The molecule has 20 heavy (non-hydrogen) atoms. The maximum absolute atomic E-state index is 12.5. The second-order valence-electron chi connectivity index (χ2n) is 5.01. The van der Waals surface area contributed by atoms with E-state index >= 15 is 0 Å². The van der Waals surface area contributed by atoms with E-state index in [2.05, 4.69) is 23.2 Å². The molecule has 0 saturated heterocycles. The zero-order valence-electron chi connectivity index (χ0n) is 11.2. The van der Waals surface area contributed by atoms with Crippen molar-refractivity contribution in [2.45, 2.75) is 19.3 Å². The van der Waals surface area contributed by atoms with E-state index in [4.69, 9.17) is 0 Å². The van der Waals surface area contributed by atoms with Crippen molar-refractivity contribution in [1.29, 1.82) is 0 Å². The molecule has 0 aliphatic carbocycles. The van der Waals surface area contributed by atoms with Crippen molar-refractivity contribution in [1.82, 2.24) is 10.2 Å². The van der Waals surface area contributed by atoms with Crippen LogP contribution in [0.5, 0.6) is 0 Å². The predicted molar refractivity (Wildman–Crippen MR) is 76.0 cm³/mol. The number of fused-ring (bicyclic) bond motifs is 1. The fourth-order valence-corrected chi connectivity index (χ4v) is 2.56. The highest BCUT2D eigenvalue weighted by atomic mass is 16.2. The number of carbonyl (C=O) groups excluding carboxylic acids is 1. The van der Waals surface area contributed by atoms with Gasteiger partial charge in [-0.15, -0.1) is 0 Å². The van der Waals surface area contributed by atoms with Crippen molar-refractivity contribution < 1.29 is 4.79 Å². The molecule has 0 spiro atoms. The third-order valence-electron chi connectivity index (χ3n) is 3.69. The van der Waals surface area contributed by atoms with Crippen molar-refractivity contribution in [3.8, 4) is 0 Å². The van der Waals surface area contributed by atoms with Gasteiger partial charge in [-0.25, -0.2) is 5.10 Å². The Balaban J connectivity index is 1.99. The van der Waals surface area contributed by atoms with Crippen molar-refractivity contribution in [2.24, 2.45) is 0 Å². The van der Waals surface area contributed by atoms with Gasteiger partial charge in [-0.2, -0.15) is 5.10 Å². The first-order valence-electron chi connectivity index (χ1n) is 6.63. The monoisotopic (exact) mass is 269 g/mol. The SMILES string of the molecule is CC1CCN(C(=O)c2ccc(=O)[nH]n2)c2ccccc21. The molecule has 1 amide bonds. The molecule has 1 aromatic heterocycles. The van der Waals surface area contributed by atoms with Gasteiger partial charge in [-0.05, 0) is 30.0 Å². The number of hydrogen-bond acceptors (Lipinski definition) is 3. The van der Waals surface area contributed by atoms with Crippen LogP contribution in [0.4, 0.5) is 5.69 Å². The molecular weight excluding hydrogens is 254 g/mol. The van der Waals surface area contributed by atoms with Gasteiger partial charge in [0.2, 0.25) is 0 Å². The van der Waals surface area contributed by atoms with Gasteiger partial charge in [-0.3, -0.25) is 9.59 Å². The van der Waals surface area contributed by atoms with Crippen LogP contribution in [0.15, 0.2) is 41.2 Å². The van der Waals surface area contributed by atoms with E-state index in [-0.39, 0.29) is 17.2 Å². The number of hydrogen-bond donors (Lipinski definition) is 1. The van der Waals surface area contributed by atoms with Crippen molar-refractivity contribution in [2.75, 3.05) is 11.4 Å². The zero-order chi connectivity index (χ0) is 14.1. The number of rotatable bonds is 1. The van der Waals surface area contributed by atoms with E-state index < -0.39 is 0 Å². The topological polar surface area (TPSA) is 66.1 Å². The van der Waals surface area contributed by atoms with Crippen molar-refractivity contribution in [3.05, 3.63) is 58.0 Å². The van der Waals surface area contributed by atoms with Crippen LogP contribution >= 0.6 is 0 Å². The molecule has 5 nitrogen and oxygen atoms in total. The summed E-state index contributed by atoms with van der Waals surface area (Å²) in [5, 5.41) is 6.12. The average Bonchev–Trinajstić information content (AvgIpc) is 2.48. The minimum absolute atomic E-state index is 0.180. The first-order chi connectivity index (χ1) is 9.66. The van der Waals surface area contributed by atoms with Crippen molar-refractivity contribution in [3.63, 3.8) is 0 Å². The summed E-state index contributed by atoms with van der Waals surface area (Å²) < 4.78 is 0. The molecule has 2 aromatic rings. The molecular formula is C15H15N3O2. The van der Waals surface area contributed by atoms with Crippen LogP contribution in [-0.4, -0.2) is 22.6 Å². The lowest BCUT2D eigenvalue weighted by Crippen LogP contribution is -2.37. The molecule has 0 saturated carbocycles. The van der Waals surface area contributed by atoms with Crippen LogP contribution in [0, 0.1) is 0 Å². The molecule has 0 radical (unpaired) electrons. The minimum Gasteiger partial charge on any atom is -0.307 e. The van der Waals surface area contributed by atoms with Gasteiger partial charge < -0.3 is 4.90 Å². The van der Waals surface area contributed by atoms with E-state index in [1.165, 1.54) is 17.7 Å². The standard InChI is InChI=1S/C15H15N3O2/c1-10-8-9-18(13-5-3-2-4-11(10)13)15(20)12-6-7-14(19)17-16-12/h2-7,10H,8-9H2,1H3,(H,17,19). The van der Waals surface area contributed by atoms with E-state index in [9.17, 15) is 9.59 Å². The third-order valence-corrected chi connectivity index (χ3v) is 3.69. The summed E-state index contributed by atoms with van der Waals surface area (Å²) >= 11 is 0. The van der Waals surface area contributed by atoms with Gasteiger partial charge >= 0.3 is 0 Å². The van der Waals surface area contributed by atoms with E-state index in [1.807, 2.05) is 18.2 Å². The van der Waals surface area contributed by atoms with Crippen LogP contribution in [0.2, 0.25) is 0 Å². The molecule has 0 bridgehead atoms. The number of anilines is 1. The molecule has 5 heteroatoms. The zero-order valence-corrected chi connectivity index (χ0v) is 11.2. The molecule has 1 aliphatic heterocycles. The molecule has 1 N–H and O–H groups in total. The summed E-state index contributed by atoms with van der Waals surface area (Å²) in [4.78, 5) is 25.3. The largest absolute Gasteiger partial charge is 0.307 e. The molecule has 1 aromatic carbocycles. The lowest BCUT2D eigenvalue weighted by molar-refractivity contribution is 0.0978. The Bertz CT molecular complexity index is 688. The van der Waals surface area contributed by atoms with Crippen molar-refractivity contribution >= 4 is 11.6 Å². The summed E-state index contributed by atoms with van der Waals surface area (Å²) in [5.74, 6) is 0.263. The maximum atomic E-state index is 12.5. The second kappa shape index (κ2) is 4.92. The molecule has 1 aliphatic rings. The Morgan fingerprint density at radius 1 is 1.30 bits per heavy atom. The maximum Gasteiger partial charge on any atom is 0.278 e. The number of carbonyl (C=O) groups is 1. The number of nitrogens with one attached hydrogen (secondary N) is 1. The van der Waals surface area contributed by atoms with E-state index in [0.29, 0.717) is 12.5 Å². The smallest absolute Gasteiger partial charge is 0.278 e. The van der Waals surface area contributed by atoms with Gasteiger partial charge in [0.25, 0.3) is 11.5 Å². The van der Waals surface area contributed by atoms with E-state index in [0.717, 1.165) is 12.1 Å². The number of amides is 1. The number of para-hydroxylation sites is 1. The summed E-state index contributed by atoms with van der Waals surface area (Å²) in [6.07, 6.45) is 0.923. The number of H-pyrrole nitrogens is 1. The van der Waals surface area contributed by atoms with Gasteiger partial charge in [0.1, 0.15) is 5.69 Å². The van der Waals surface area contributed by atoms with Gasteiger partial charge in [-0.1, -0.05) is 25.1 Å². The average molecular weight is 269 g/mol. The Hall–Kier alpha value is -2.43. The number of nitrogens with zero attached hydrogens (tertiary/aromatic N) is 2. The summed E-state index contributed by atoms with van der Waals surface area (Å²) in [6.45, 7) is 2.83. The van der Waals surface area contributed by atoms with Gasteiger partial charge in [0, 0.05) is 18.3 Å². The Kier molecular flexibility index (Phi) is 3.10. The molecule has 1 atom stereocenters. The second-order valence-corrected chi connectivity index (χ2v) is 5.01. The van der Waals surface area contributed by atoms with Crippen LogP contribution < -0.4 is 10.5 Å². The first kappa shape index (κ1) is 12.6.